The van der Waals surface area contributed by atoms with Crippen molar-refractivity contribution >= 4 is 11.8 Å². The highest BCUT2D eigenvalue weighted by molar-refractivity contribution is 5.79. The molecule has 1 heterocycles. The lowest BCUT2D eigenvalue weighted by atomic mass is 9.99. The van der Waals surface area contributed by atoms with Crippen LogP contribution in [-0.4, -0.2) is 66.4 Å². The molecule has 124 valence electrons. The van der Waals surface area contributed by atoms with Crippen LogP contribution in [0.3, 0.4) is 0 Å². The Balaban J connectivity index is 1.37. The highest BCUT2D eigenvalue weighted by Crippen LogP contribution is 2.27. The molecule has 6 heteroatoms. The predicted octanol–water partition coefficient (Wildman–Crippen LogP) is -0.0733. The predicted molar refractivity (Wildman–Crippen MR) is 84.1 cm³/mol. The minimum Gasteiger partial charge on any atom is -0.352 e. The average Bonchev–Trinajstić information content (AvgIpc) is 3.22. The van der Waals surface area contributed by atoms with Gasteiger partial charge in [-0.15, -0.1) is 0 Å². The van der Waals surface area contributed by atoms with Crippen molar-refractivity contribution in [1.82, 2.24) is 15.1 Å². The number of hydrogen-bond acceptors (Lipinski definition) is 4. The summed E-state index contributed by atoms with van der Waals surface area (Å²) in [5.41, 5.74) is 6.06. The van der Waals surface area contributed by atoms with Crippen molar-refractivity contribution < 1.29 is 9.59 Å². The lowest BCUT2D eigenvalue weighted by Gasteiger charge is -2.35. The van der Waals surface area contributed by atoms with Crippen molar-refractivity contribution in [2.45, 2.75) is 50.6 Å². The summed E-state index contributed by atoms with van der Waals surface area (Å²) in [5.74, 6) is 0.735. The summed E-state index contributed by atoms with van der Waals surface area (Å²) in [6.07, 6.45) is 6.15. The molecule has 3 aliphatic rings. The van der Waals surface area contributed by atoms with Gasteiger partial charge >= 0.3 is 0 Å². The Labute approximate surface area is 132 Å². The van der Waals surface area contributed by atoms with Crippen LogP contribution in [0.4, 0.5) is 0 Å². The molecule has 3 fully saturated rings. The molecule has 0 radical (unpaired) electrons. The quantitative estimate of drug-likeness (QED) is 0.745. The van der Waals surface area contributed by atoms with Crippen molar-refractivity contribution in [3.8, 4) is 0 Å². The van der Waals surface area contributed by atoms with E-state index < -0.39 is 0 Å². The molecular formula is C16H28N4O2. The van der Waals surface area contributed by atoms with Crippen LogP contribution in [0.2, 0.25) is 0 Å². The first-order valence-electron chi connectivity index (χ1n) is 8.67. The van der Waals surface area contributed by atoms with Gasteiger partial charge in [-0.1, -0.05) is 6.42 Å². The minimum atomic E-state index is 0.124. The van der Waals surface area contributed by atoms with Gasteiger partial charge in [0, 0.05) is 44.7 Å². The standard InChI is InChI=1S/C16H28N4O2/c17-14-3-1-2-12(14)10-16(22)20-8-6-19(7-9-20)11-15(21)18-13-4-5-13/h12-14H,1-11,17H2,(H,18,21)/t12-,14+/m0/s1. The Hall–Kier alpha value is -1.14. The van der Waals surface area contributed by atoms with Gasteiger partial charge in [0.05, 0.1) is 6.54 Å². The number of carbonyl (C=O) groups excluding carboxylic acids is 2. The van der Waals surface area contributed by atoms with E-state index in [1.165, 1.54) is 0 Å². The zero-order chi connectivity index (χ0) is 15.5. The fraction of sp³-hybridized carbons (Fsp3) is 0.875. The maximum atomic E-state index is 12.4. The zero-order valence-corrected chi connectivity index (χ0v) is 13.3. The van der Waals surface area contributed by atoms with Crippen molar-refractivity contribution in [3.63, 3.8) is 0 Å². The van der Waals surface area contributed by atoms with E-state index in [-0.39, 0.29) is 17.9 Å². The van der Waals surface area contributed by atoms with Crippen molar-refractivity contribution in [2.75, 3.05) is 32.7 Å². The minimum absolute atomic E-state index is 0.124. The van der Waals surface area contributed by atoms with E-state index in [9.17, 15) is 9.59 Å². The van der Waals surface area contributed by atoms with Gasteiger partial charge < -0.3 is 16.0 Å². The fourth-order valence-electron chi connectivity index (χ4n) is 3.53. The largest absolute Gasteiger partial charge is 0.352 e. The number of amides is 2. The van der Waals surface area contributed by atoms with Crippen LogP contribution in [0.25, 0.3) is 0 Å². The first kappa shape index (κ1) is 15.7. The summed E-state index contributed by atoms with van der Waals surface area (Å²) >= 11 is 0. The molecule has 22 heavy (non-hydrogen) atoms. The molecule has 0 aromatic carbocycles. The molecule has 6 nitrogen and oxygen atoms in total. The molecule has 0 aromatic rings. The van der Waals surface area contributed by atoms with E-state index in [0.717, 1.165) is 58.3 Å². The molecule has 3 N–H and O–H groups in total. The summed E-state index contributed by atoms with van der Waals surface area (Å²) < 4.78 is 0. The lowest BCUT2D eigenvalue weighted by molar-refractivity contribution is -0.134. The molecule has 2 aliphatic carbocycles. The molecule has 2 atom stereocenters. The van der Waals surface area contributed by atoms with Crippen LogP contribution in [0.5, 0.6) is 0 Å². The van der Waals surface area contributed by atoms with E-state index in [4.69, 9.17) is 5.73 Å². The molecule has 0 unspecified atom stereocenters. The monoisotopic (exact) mass is 308 g/mol. The van der Waals surface area contributed by atoms with Gasteiger partial charge in [0.15, 0.2) is 0 Å². The van der Waals surface area contributed by atoms with Crippen LogP contribution in [0.15, 0.2) is 0 Å². The van der Waals surface area contributed by atoms with Gasteiger partial charge in [0.2, 0.25) is 11.8 Å². The third-order valence-electron chi connectivity index (χ3n) is 5.19. The number of nitrogens with two attached hydrogens (primary N) is 1. The van der Waals surface area contributed by atoms with Crippen LogP contribution in [0.1, 0.15) is 38.5 Å². The normalized spacial score (nSPS) is 29.6. The van der Waals surface area contributed by atoms with Gasteiger partial charge in [-0.3, -0.25) is 14.5 Å². The first-order valence-corrected chi connectivity index (χ1v) is 8.67. The van der Waals surface area contributed by atoms with Gasteiger partial charge in [0.25, 0.3) is 0 Å². The van der Waals surface area contributed by atoms with Crippen molar-refractivity contribution in [3.05, 3.63) is 0 Å². The van der Waals surface area contributed by atoms with Gasteiger partial charge in [-0.2, -0.15) is 0 Å². The van der Waals surface area contributed by atoms with Crippen LogP contribution in [0, 0.1) is 5.92 Å². The van der Waals surface area contributed by atoms with E-state index >= 15 is 0 Å². The Morgan fingerprint density at radius 3 is 2.36 bits per heavy atom. The van der Waals surface area contributed by atoms with E-state index in [0.29, 0.717) is 24.9 Å². The molecule has 1 aliphatic heterocycles. The number of carbonyl (C=O) groups is 2. The lowest BCUT2D eigenvalue weighted by Crippen LogP contribution is -2.51. The summed E-state index contributed by atoms with van der Waals surface area (Å²) in [6, 6.07) is 0.627. The molecule has 3 rings (SSSR count). The summed E-state index contributed by atoms with van der Waals surface area (Å²) in [6.45, 7) is 3.52. The molecule has 0 aromatic heterocycles. The maximum Gasteiger partial charge on any atom is 0.234 e. The fourth-order valence-corrected chi connectivity index (χ4v) is 3.53. The highest BCUT2D eigenvalue weighted by atomic mass is 16.2. The second-order valence-electron chi connectivity index (χ2n) is 7.06. The third-order valence-corrected chi connectivity index (χ3v) is 5.19. The second kappa shape index (κ2) is 6.96. The molecule has 2 saturated carbocycles. The van der Waals surface area contributed by atoms with Crippen LogP contribution >= 0.6 is 0 Å². The van der Waals surface area contributed by atoms with Crippen LogP contribution < -0.4 is 11.1 Å². The molecule has 0 spiro atoms. The molecular weight excluding hydrogens is 280 g/mol. The molecule has 0 bridgehead atoms. The number of piperazine rings is 1. The first-order chi connectivity index (χ1) is 10.6. The van der Waals surface area contributed by atoms with E-state index in [2.05, 4.69) is 10.2 Å². The number of nitrogens with one attached hydrogen (secondary N) is 1. The summed E-state index contributed by atoms with van der Waals surface area (Å²) in [5, 5.41) is 3.01. The second-order valence-corrected chi connectivity index (χ2v) is 7.06. The SMILES string of the molecule is N[C@@H]1CCC[C@H]1CC(=O)N1CCN(CC(=O)NC2CC2)CC1. The topological polar surface area (TPSA) is 78.7 Å². The van der Waals surface area contributed by atoms with Gasteiger partial charge in [-0.25, -0.2) is 0 Å². The third kappa shape index (κ3) is 4.20. The van der Waals surface area contributed by atoms with Crippen molar-refractivity contribution in [2.24, 2.45) is 11.7 Å². The maximum absolute atomic E-state index is 12.4. The van der Waals surface area contributed by atoms with Crippen LogP contribution in [-0.2, 0) is 9.59 Å². The van der Waals surface area contributed by atoms with Gasteiger partial charge in [-0.05, 0) is 31.6 Å². The number of nitrogens with zero attached hydrogens (tertiary/aromatic N) is 2. The summed E-state index contributed by atoms with van der Waals surface area (Å²) in [4.78, 5) is 28.2. The van der Waals surface area contributed by atoms with Crippen molar-refractivity contribution in [1.29, 1.82) is 0 Å². The Bertz CT molecular complexity index is 416. The highest BCUT2D eigenvalue weighted by Gasteiger charge is 2.30. The van der Waals surface area contributed by atoms with E-state index in [1.807, 2.05) is 4.90 Å². The Morgan fingerprint density at radius 1 is 1.05 bits per heavy atom. The summed E-state index contributed by atoms with van der Waals surface area (Å²) in [7, 11) is 0. The number of rotatable bonds is 5. The Kier molecular flexibility index (Phi) is 4.98. The zero-order valence-electron chi connectivity index (χ0n) is 13.3. The van der Waals surface area contributed by atoms with E-state index in [1.54, 1.807) is 0 Å². The van der Waals surface area contributed by atoms with Gasteiger partial charge in [0.1, 0.15) is 0 Å². The average molecular weight is 308 g/mol. The Morgan fingerprint density at radius 2 is 1.77 bits per heavy atom. The smallest absolute Gasteiger partial charge is 0.234 e. The molecule has 1 saturated heterocycles. The number of hydrogen-bond donors (Lipinski definition) is 2. The molecule has 2 amide bonds.